The van der Waals surface area contributed by atoms with Crippen LogP contribution in [-0.4, -0.2) is 29.4 Å². The minimum atomic E-state index is -0.720. The predicted molar refractivity (Wildman–Crippen MR) is 145 cm³/mol. The Balaban J connectivity index is 1.55. The van der Waals surface area contributed by atoms with Crippen molar-refractivity contribution in [2.24, 2.45) is 16.8 Å². The second-order valence-electron chi connectivity index (χ2n) is 9.04. The number of para-hydroxylation sites is 1. The molecule has 0 aromatic heterocycles. The van der Waals surface area contributed by atoms with Gasteiger partial charge in [0.05, 0.1) is 22.9 Å². The Hall–Kier alpha value is -3.58. The molecule has 0 unspecified atom stereocenters. The molecule has 2 aliphatic heterocycles. The van der Waals surface area contributed by atoms with E-state index in [1.54, 1.807) is 62.4 Å². The first-order chi connectivity index (χ1) is 17.8. The van der Waals surface area contributed by atoms with Crippen LogP contribution in [0.3, 0.4) is 0 Å². The largest absolute Gasteiger partial charge is 0.294 e. The van der Waals surface area contributed by atoms with Crippen molar-refractivity contribution in [1.29, 1.82) is 0 Å². The van der Waals surface area contributed by atoms with Crippen molar-refractivity contribution in [1.82, 2.24) is 5.43 Å². The molecule has 37 heavy (non-hydrogen) atoms. The minimum Gasteiger partial charge on any atom is -0.294 e. The quantitative estimate of drug-likeness (QED) is 0.381. The fraction of sp³-hybridized carbons (Fsp3) is 0.172. The number of allylic oxidation sites excluding steroid dienone is 1. The van der Waals surface area contributed by atoms with Crippen molar-refractivity contribution in [3.05, 3.63) is 111 Å². The van der Waals surface area contributed by atoms with E-state index in [-0.39, 0.29) is 17.5 Å². The van der Waals surface area contributed by atoms with Crippen LogP contribution < -0.4 is 10.4 Å². The summed E-state index contributed by atoms with van der Waals surface area (Å²) < 4.78 is 0. The third-order valence-electron chi connectivity index (χ3n) is 6.69. The van der Waals surface area contributed by atoms with E-state index in [1.807, 2.05) is 30.3 Å². The van der Waals surface area contributed by atoms with Gasteiger partial charge in [-0.1, -0.05) is 48.3 Å². The topological polar surface area (TPSA) is 78.8 Å². The molecule has 0 bridgehead atoms. The highest BCUT2D eigenvalue weighted by Gasteiger charge is 2.46. The monoisotopic (exact) mass is 531 g/mol. The van der Waals surface area contributed by atoms with Gasteiger partial charge in [-0.25, -0.2) is 5.01 Å². The van der Waals surface area contributed by atoms with Crippen LogP contribution in [-0.2, 0) is 4.79 Å². The summed E-state index contributed by atoms with van der Waals surface area (Å²) >= 11 is 12.0. The van der Waals surface area contributed by atoms with Gasteiger partial charge in [0.2, 0.25) is 0 Å². The highest BCUT2D eigenvalue weighted by Crippen LogP contribution is 2.37. The van der Waals surface area contributed by atoms with E-state index in [4.69, 9.17) is 28.2 Å². The number of benzene rings is 3. The summed E-state index contributed by atoms with van der Waals surface area (Å²) in [6, 6.07) is 22.4. The first-order valence-electron chi connectivity index (χ1n) is 11.8. The molecule has 0 saturated carbocycles. The third kappa shape index (κ3) is 4.64. The van der Waals surface area contributed by atoms with Crippen LogP contribution in [0.4, 0.5) is 5.69 Å². The molecular weight excluding hydrogens is 509 g/mol. The molecule has 2 aliphatic rings. The SMILES string of the molecule is C[C@@H](C(=O)c1ccc(Cl)cc1)C1=N[C@H]2NN(c3ccccc3)C(=O)C2=C1[C@@H](C)C(=O)c1ccc(Cl)cc1. The number of aliphatic imine (C=N–C) groups is 1. The zero-order valence-corrected chi connectivity index (χ0v) is 21.6. The second-order valence-corrected chi connectivity index (χ2v) is 9.91. The number of nitrogens with zero attached hydrogens (tertiary/aromatic N) is 2. The fourth-order valence-electron chi connectivity index (χ4n) is 4.74. The van der Waals surface area contributed by atoms with E-state index in [0.717, 1.165) is 0 Å². The molecule has 3 aromatic carbocycles. The second kappa shape index (κ2) is 10.1. The number of fused-ring (bicyclic) bond motifs is 1. The number of carbonyl (C=O) groups excluding carboxylic acids is 3. The Bertz CT molecular complexity index is 1450. The van der Waals surface area contributed by atoms with Crippen molar-refractivity contribution in [3.63, 3.8) is 0 Å². The molecule has 1 fully saturated rings. The Morgan fingerprint density at radius 2 is 1.32 bits per heavy atom. The smallest absolute Gasteiger partial charge is 0.272 e. The summed E-state index contributed by atoms with van der Waals surface area (Å²) in [5.41, 5.74) is 6.03. The van der Waals surface area contributed by atoms with Gasteiger partial charge < -0.3 is 0 Å². The highest BCUT2D eigenvalue weighted by molar-refractivity contribution is 6.31. The average molecular weight is 532 g/mol. The maximum Gasteiger partial charge on any atom is 0.272 e. The molecule has 3 atom stereocenters. The van der Waals surface area contributed by atoms with E-state index in [2.05, 4.69) is 5.43 Å². The minimum absolute atomic E-state index is 0.174. The lowest BCUT2D eigenvalue weighted by Crippen LogP contribution is -2.38. The van der Waals surface area contributed by atoms with Gasteiger partial charge in [0, 0.05) is 27.1 Å². The van der Waals surface area contributed by atoms with Crippen molar-refractivity contribution in [3.8, 4) is 0 Å². The van der Waals surface area contributed by atoms with Crippen LogP contribution in [0.25, 0.3) is 0 Å². The Kier molecular flexibility index (Phi) is 6.82. The van der Waals surface area contributed by atoms with Crippen LogP contribution in [0.2, 0.25) is 10.0 Å². The van der Waals surface area contributed by atoms with Crippen LogP contribution in [0.15, 0.2) is 95.0 Å². The van der Waals surface area contributed by atoms with Gasteiger partial charge in [0.25, 0.3) is 5.91 Å². The Morgan fingerprint density at radius 1 is 0.811 bits per heavy atom. The van der Waals surface area contributed by atoms with Crippen molar-refractivity contribution in [2.75, 3.05) is 5.01 Å². The van der Waals surface area contributed by atoms with Crippen LogP contribution in [0.1, 0.15) is 34.6 Å². The van der Waals surface area contributed by atoms with Crippen molar-refractivity contribution < 1.29 is 14.4 Å². The lowest BCUT2D eigenvalue weighted by Gasteiger charge is -2.21. The molecule has 8 heteroatoms. The number of Topliss-reactive ketones (excluding diaryl/α,β-unsaturated/α-hetero) is 2. The van der Waals surface area contributed by atoms with Gasteiger partial charge in [0.1, 0.15) is 6.17 Å². The Morgan fingerprint density at radius 3 is 1.86 bits per heavy atom. The summed E-state index contributed by atoms with van der Waals surface area (Å²) in [6.45, 7) is 3.49. The van der Waals surface area contributed by atoms with Crippen molar-refractivity contribution >= 4 is 52.1 Å². The highest BCUT2D eigenvalue weighted by atomic mass is 35.5. The van der Waals surface area contributed by atoms with Crippen LogP contribution in [0, 0.1) is 11.8 Å². The number of hydrogen-bond donors (Lipinski definition) is 1. The van der Waals surface area contributed by atoms with Crippen LogP contribution in [0.5, 0.6) is 0 Å². The molecular formula is C29H23Cl2N3O3. The number of halogens is 2. The molecule has 0 aliphatic carbocycles. The van der Waals surface area contributed by atoms with Crippen molar-refractivity contribution in [2.45, 2.75) is 20.0 Å². The van der Waals surface area contributed by atoms with E-state index in [0.29, 0.717) is 43.7 Å². The Labute approximate surface area is 224 Å². The molecule has 0 spiro atoms. The summed E-state index contributed by atoms with van der Waals surface area (Å²) in [5.74, 6) is -2.07. The number of nitrogens with one attached hydrogen (secondary N) is 1. The van der Waals surface area contributed by atoms with Gasteiger partial charge >= 0.3 is 0 Å². The maximum absolute atomic E-state index is 13.7. The first kappa shape index (κ1) is 25.1. The van der Waals surface area contributed by atoms with Gasteiger partial charge in [-0.3, -0.25) is 19.4 Å². The number of anilines is 1. The number of ketones is 2. The van der Waals surface area contributed by atoms with E-state index in [1.165, 1.54) is 5.01 Å². The molecule has 2 heterocycles. The van der Waals surface area contributed by atoms with Gasteiger partial charge in [-0.15, -0.1) is 0 Å². The average Bonchev–Trinajstić information content (AvgIpc) is 3.45. The standard InChI is InChI=1S/C29H23Cl2N3O3/c1-16(26(35)18-8-12-20(30)13-9-18)23-24-28(33-34(29(24)37)22-6-4-3-5-7-22)32-25(23)17(2)27(36)19-10-14-21(31)15-11-19/h3-17,28,33H,1-2H3/t16-,17-,28+/m1/s1. The molecule has 1 amide bonds. The molecule has 3 aromatic rings. The van der Waals surface area contributed by atoms with E-state index >= 15 is 0 Å². The summed E-state index contributed by atoms with van der Waals surface area (Å²) in [6.07, 6.45) is -0.696. The number of hydrogen-bond acceptors (Lipinski definition) is 5. The summed E-state index contributed by atoms with van der Waals surface area (Å²) in [5, 5.41) is 2.48. The zero-order chi connectivity index (χ0) is 26.3. The normalized spacial score (nSPS) is 18.5. The summed E-state index contributed by atoms with van der Waals surface area (Å²) in [4.78, 5) is 45.4. The molecule has 6 nitrogen and oxygen atoms in total. The number of rotatable bonds is 7. The lowest BCUT2D eigenvalue weighted by atomic mass is 9.81. The lowest BCUT2D eigenvalue weighted by molar-refractivity contribution is -0.114. The van der Waals surface area contributed by atoms with E-state index < -0.39 is 18.0 Å². The maximum atomic E-state index is 13.7. The van der Waals surface area contributed by atoms with Gasteiger partial charge in [-0.05, 0) is 73.2 Å². The number of carbonyl (C=O) groups is 3. The third-order valence-corrected chi connectivity index (χ3v) is 7.20. The zero-order valence-electron chi connectivity index (χ0n) is 20.1. The fourth-order valence-corrected chi connectivity index (χ4v) is 4.99. The molecule has 1 N–H and O–H groups in total. The molecule has 5 rings (SSSR count). The summed E-state index contributed by atoms with van der Waals surface area (Å²) in [7, 11) is 0. The number of amides is 1. The molecule has 1 saturated heterocycles. The van der Waals surface area contributed by atoms with Gasteiger partial charge in [0.15, 0.2) is 11.6 Å². The molecule has 186 valence electrons. The predicted octanol–water partition coefficient (Wildman–Crippen LogP) is 5.96. The van der Waals surface area contributed by atoms with Gasteiger partial charge in [-0.2, -0.15) is 5.43 Å². The van der Waals surface area contributed by atoms with Crippen LogP contribution >= 0.6 is 23.2 Å². The molecule has 0 radical (unpaired) electrons. The first-order valence-corrected chi connectivity index (χ1v) is 12.6. The number of hydrazine groups is 1. The van der Waals surface area contributed by atoms with E-state index in [9.17, 15) is 14.4 Å².